The number of carbonyl (C=O) groups excluding carboxylic acids is 1. The Morgan fingerprint density at radius 3 is 2.37 bits per heavy atom. The van der Waals surface area contributed by atoms with Crippen LogP contribution in [0.1, 0.15) is 22.8 Å². The van der Waals surface area contributed by atoms with Gasteiger partial charge in [0.2, 0.25) is 0 Å². The summed E-state index contributed by atoms with van der Waals surface area (Å²) in [6.45, 7) is 1.87. The molecule has 0 atom stereocenters. The van der Waals surface area contributed by atoms with Crippen molar-refractivity contribution in [3.8, 4) is 17.6 Å². The number of carbonyl (C=O) groups is 1. The minimum absolute atomic E-state index is 0.0513. The van der Waals surface area contributed by atoms with Crippen molar-refractivity contribution in [3.63, 3.8) is 0 Å². The largest absolute Gasteiger partial charge is 0.481 e. The first-order valence-corrected chi connectivity index (χ1v) is 6.03. The highest BCUT2D eigenvalue weighted by Crippen LogP contribution is 2.12. The van der Waals surface area contributed by atoms with E-state index in [4.69, 9.17) is 4.74 Å². The van der Waals surface area contributed by atoms with Gasteiger partial charge in [-0.15, -0.1) is 0 Å². The molecule has 0 amide bonds. The Kier molecular flexibility index (Phi) is 4.36. The number of hydrogen-bond donors (Lipinski definition) is 0. The van der Waals surface area contributed by atoms with Crippen LogP contribution in [-0.4, -0.2) is 12.4 Å². The van der Waals surface area contributed by atoms with Crippen molar-refractivity contribution in [2.45, 2.75) is 6.92 Å². The van der Waals surface area contributed by atoms with Crippen molar-refractivity contribution >= 4 is 5.78 Å². The van der Waals surface area contributed by atoms with E-state index >= 15 is 0 Å². The van der Waals surface area contributed by atoms with Crippen molar-refractivity contribution in [3.05, 3.63) is 65.7 Å². The monoisotopic (exact) mass is 250 g/mol. The topological polar surface area (TPSA) is 26.3 Å². The second-order valence-electron chi connectivity index (χ2n) is 4.04. The van der Waals surface area contributed by atoms with Crippen LogP contribution in [0, 0.1) is 11.8 Å². The Bertz CT molecular complexity index is 601. The Morgan fingerprint density at radius 1 is 1.05 bits per heavy atom. The summed E-state index contributed by atoms with van der Waals surface area (Å²) in [7, 11) is 0. The summed E-state index contributed by atoms with van der Waals surface area (Å²) in [6, 6.07) is 16.8. The summed E-state index contributed by atoms with van der Waals surface area (Å²) < 4.78 is 5.48. The molecule has 0 aliphatic rings. The van der Waals surface area contributed by atoms with E-state index in [1.165, 1.54) is 0 Å². The number of hydrogen-bond acceptors (Lipinski definition) is 2. The van der Waals surface area contributed by atoms with Gasteiger partial charge in [0.05, 0.1) is 0 Å². The minimum Gasteiger partial charge on any atom is -0.481 e. The van der Waals surface area contributed by atoms with E-state index in [0.29, 0.717) is 17.9 Å². The molecule has 0 saturated carbocycles. The van der Waals surface area contributed by atoms with Crippen molar-refractivity contribution in [2.75, 3.05) is 6.61 Å². The summed E-state index contributed by atoms with van der Waals surface area (Å²) >= 11 is 0. The Hall–Kier alpha value is -2.53. The van der Waals surface area contributed by atoms with E-state index in [2.05, 4.69) is 11.8 Å². The average molecular weight is 250 g/mol. The smallest absolute Gasteiger partial charge is 0.159 e. The lowest BCUT2D eigenvalue weighted by Gasteiger charge is -2.02. The van der Waals surface area contributed by atoms with Crippen LogP contribution in [0.25, 0.3) is 0 Å². The van der Waals surface area contributed by atoms with Crippen LogP contribution in [0.4, 0.5) is 0 Å². The Balaban J connectivity index is 1.89. The molecule has 0 spiro atoms. The van der Waals surface area contributed by atoms with Gasteiger partial charge < -0.3 is 4.74 Å². The maximum atomic E-state index is 11.1. The minimum atomic E-state index is 0.0513. The number of rotatable bonds is 3. The first kappa shape index (κ1) is 12.9. The van der Waals surface area contributed by atoms with Crippen molar-refractivity contribution in [1.29, 1.82) is 0 Å². The van der Waals surface area contributed by atoms with E-state index in [0.717, 1.165) is 5.56 Å². The summed E-state index contributed by atoms with van der Waals surface area (Å²) in [5.41, 5.74) is 1.65. The predicted octanol–water partition coefficient (Wildman–Crippen LogP) is 3.32. The molecule has 0 N–H and O–H groups in total. The molecule has 2 rings (SSSR count). The Morgan fingerprint density at radius 2 is 1.74 bits per heavy atom. The highest BCUT2D eigenvalue weighted by Gasteiger charge is 1.98. The number of ether oxygens (including phenoxy) is 1. The van der Waals surface area contributed by atoms with E-state index in [1.807, 2.05) is 30.3 Å². The van der Waals surface area contributed by atoms with Gasteiger partial charge in [0, 0.05) is 11.1 Å². The van der Waals surface area contributed by atoms with Crippen LogP contribution in [0.5, 0.6) is 5.75 Å². The second kappa shape index (κ2) is 6.42. The molecule has 2 nitrogen and oxygen atoms in total. The first-order chi connectivity index (χ1) is 9.25. The molecule has 0 heterocycles. The molecule has 0 saturated heterocycles. The maximum Gasteiger partial charge on any atom is 0.159 e. The molecule has 19 heavy (non-hydrogen) atoms. The van der Waals surface area contributed by atoms with E-state index in [1.54, 1.807) is 31.2 Å². The number of ketones is 1. The van der Waals surface area contributed by atoms with Crippen molar-refractivity contribution in [2.24, 2.45) is 0 Å². The average Bonchev–Trinajstić information content (AvgIpc) is 2.45. The lowest BCUT2D eigenvalue weighted by atomic mass is 10.1. The molecule has 2 aromatic carbocycles. The van der Waals surface area contributed by atoms with E-state index in [-0.39, 0.29) is 5.78 Å². The van der Waals surface area contributed by atoms with Crippen LogP contribution in [0.2, 0.25) is 0 Å². The van der Waals surface area contributed by atoms with Crippen LogP contribution in [0.3, 0.4) is 0 Å². The highest BCUT2D eigenvalue weighted by molar-refractivity contribution is 5.94. The third-order valence-electron chi connectivity index (χ3n) is 2.58. The van der Waals surface area contributed by atoms with Crippen LogP contribution >= 0.6 is 0 Å². The quantitative estimate of drug-likeness (QED) is 0.617. The van der Waals surface area contributed by atoms with E-state index in [9.17, 15) is 4.79 Å². The fraction of sp³-hybridized carbons (Fsp3) is 0.118. The zero-order chi connectivity index (χ0) is 13.5. The van der Waals surface area contributed by atoms with Crippen LogP contribution in [-0.2, 0) is 0 Å². The molecule has 0 radical (unpaired) electrons. The van der Waals surface area contributed by atoms with Gasteiger partial charge >= 0.3 is 0 Å². The molecule has 0 unspecified atom stereocenters. The normalized spacial score (nSPS) is 9.32. The molecule has 2 heteroatoms. The fourth-order valence-corrected chi connectivity index (χ4v) is 1.56. The number of benzene rings is 2. The standard InChI is InChI=1S/C17H14O2/c1-14(18)16-9-11-17(12-10-16)19-13-5-8-15-6-3-2-4-7-15/h2-4,6-7,9-12H,13H2,1H3. The third-order valence-corrected chi connectivity index (χ3v) is 2.58. The van der Waals surface area contributed by atoms with Crippen LogP contribution < -0.4 is 4.74 Å². The summed E-state index contributed by atoms with van der Waals surface area (Å²) in [6.07, 6.45) is 0. The zero-order valence-electron chi connectivity index (χ0n) is 10.7. The molecule has 0 fully saturated rings. The lowest BCUT2D eigenvalue weighted by Crippen LogP contribution is -1.95. The van der Waals surface area contributed by atoms with Gasteiger partial charge in [0.25, 0.3) is 0 Å². The molecule has 94 valence electrons. The molecule has 0 aliphatic carbocycles. The van der Waals surface area contributed by atoms with Gasteiger partial charge in [-0.25, -0.2) is 0 Å². The molecule has 0 aliphatic heterocycles. The number of Topliss-reactive ketones (excluding diaryl/α,β-unsaturated/α-hetero) is 1. The van der Waals surface area contributed by atoms with Gasteiger partial charge in [-0.3, -0.25) is 4.79 Å². The molecule has 2 aromatic rings. The second-order valence-corrected chi connectivity index (χ2v) is 4.04. The zero-order valence-corrected chi connectivity index (χ0v) is 10.7. The highest BCUT2D eigenvalue weighted by atomic mass is 16.5. The van der Waals surface area contributed by atoms with Gasteiger partial charge in [-0.05, 0) is 43.3 Å². The molecule has 0 aromatic heterocycles. The Labute approximate surface area is 113 Å². The van der Waals surface area contributed by atoms with Crippen LogP contribution in [0.15, 0.2) is 54.6 Å². The maximum absolute atomic E-state index is 11.1. The summed E-state index contributed by atoms with van der Waals surface area (Å²) in [5, 5.41) is 0. The van der Waals surface area contributed by atoms with Gasteiger partial charge in [-0.2, -0.15) is 0 Å². The van der Waals surface area contributed by atoms with Crippen molar-refractivity contribution in [1.82, 2.24) is 0 Å². The lowest BCUT2D eigenvalue weighted by molar-refractivity contribution is 0.101. The van der Waals surface area contributed by atoms with Gasteiger partial charge in [0.1, 0.15) is 12.4 Å². The van der Waals surface area contributed by atoms with Gasteiger partial charge in [-0.1, -0.05) is 30.0 Å². The van der Waals surface area contributed by atoms with E-state index < -0.39 is 0 Å². The third kappa shape index (κ3) is 4.01. The summed E-state index contributed by atoms with van der Waals surface area (Å²) in [4.78, 5) is 11.1. The summed E-state index contributed by atoms with van der Waals surface area (Å²) in [5.74, 6) is 6.73. The first-order valence-electron chi connectivity index (χ1n) is 6.03. The van der Waals surface area contributed by atoms with Crippen molar-refractivity contribution < 1.29 is 9.53 Å². The fourth-order valence-electron chi connectivity index (χ4n) is 1.56. The van der Waals surface area contributed by atoms with Gasteiger partial charge in [0.15, 0.2) is 5.78 Å². The SMILES string of the molecule is CC(=O)c1ccc(OCC#Cc2ccccc2)cc1. The molecule has 0 bridgehead atoms. The molecular formula is C17H14O2. The molecular weight excluding hydrogens is 236 g/mol. The predicted molar refractivity (Wildman–Crippen MR) is 75.3 cm³/mol.